The van der Waals surface area contributed by atoms with E-state index >= 15 is 0 Å². The quantitative estimate of drug-likeness (QED) is 0.765. The second kappa shape index (κ2) is 7.49. The summed E-state index contributed by atoms with van der Waals surface area (Å²) in [5, 5.41) is 2.82. The molecule has 0 saturated carbocycles. The van der Waals surface area contributed by atoms with Crippen LogP contribution in [0.15, 0.2) is 54.9 Å². The van der Waals surface area contributed by atoms with Crippen molar-refractivity contribution in [3.8, 4) is 16.9 Å². The Hall–Kier alpha value is -2.99. The molecule has 26 heavy (non-hydrogen) atoms. The number of amides is 1. The molecule has 0 aliphatic carbocycles. The fourth-order valence-electron chi connectivity index (χ4n) is 3.06. The molecule has 132 valence electrons. The molecule has 1 N–H and O–H groups in total. The van der Waals surface area contributed by atoms with E-state index in [-0.39, 0.29) is 5.91 Å². The smallest absolute Gasteiger partial charge is 0.234 e. The molecule has 0 radical (unpaired) electrons. The van der Waals surface area contributed by atoms with Crippen molar-refractivity contribution in [3.05, 3.63) is 54.9 Å². The Morgan fingerprint density at radius 1 is 1.00 bits per heavy atom. The average molecular weight is 348 g/mol. The number of ether oxygens (including phenoxy) is 1. The Bertz CT molecular complexity index is 911. The molecule has 1 aromatic heterocycles. The van der Waals surface area contributed by atoms with E-state index < -0.39 is 0 Å². The van der Waals surface area contributed by atoms with Crippen LogP contribution in [-0.2, 0) is 4.79 Å². The van der Waals surface area contributed by atoms with Gasteiger partial charge < -0.3 is 10.1 Å². The van der Waals surface area contributed by atoms with Crippen LogP contribution in [-0.4, -0.2) is 53.6 Å². The lowest BCUT2D eigenvalue weighted by Crippen LogP contribution is -2.48. The van der Waals surface area contributed by atoms with Gasteiger partial charge in [-0.05, 0) is 35.4 Å². The minimum absolute atomic E-state index is 0.0840. The fourth-order valence-corrected chi connectivity index (χ4v) is 3.06. The summed E-state index contributed by atoms with van der Waals surface area (Å²) in [5.74, 6) is 0.913. The third-order valence-corrected chi connectivity index (χ3v) is 4.45. The van der Waals surface area contributed by atoms with Gasteiger partial charge in [-0.2, -0.15) is 0 Å². The molecule has 1 saturated heterocycles. The molecule has 0 atom stereocenters. The zero-order chi connectivity index (χ0) is 17.8. The summed E-state index contributed by atoms with van der Waals surface area (Å²) in [6.07, 6.45) is 3.40. The maximum atomic E-state index is 11.4. The van der Waals surface area contributed by atoms with Crippen molar-refractivity contribution in [1.82, 2.24) is 20.2 Å². The van der Waals surface area contributed by atoms with Crippen LogP contribution in [0.3, 0.4) is 0 Å². The highest BCUT2D eigenvalue weighted by Crippen LogP contribution is 2.24. The van der Waals surface area contributed by atoms with Crippen LogP contribution in [0.5, 0.6) is 5.75 Å². The Morgan fingerprint density at radius 2 is 1.77 bits per heavy atom. The van der Waals surface area contributed by atoms with Crippen LogP contribution in [0, 0.1) is 0 Å². The molecule has 2 aromatic carbocycles. The molecule has 0 spiro atoms. The number of piperazine rings is 1. The topological polar surface area (TPSA) is 67.4 Å². The molecule has 1 fully saturated rings. The van der Waals surface area contributed by atoms with Crippen molar-refractivity contribution in [2.75, 3.05) is 32.8 Å². The van der Waals surface area contributed by atoms with Gasteiger partial charge in [0.1, 0.15) is 12.4 Å². The summed E-state index contributed by atoms with van der Waals surface area (Å²) in [5.41, 5.74) is 3.99. The highest BCUT2D eigenvalue weighted by Gasteiger charge is 2.15. The zero-order valence-corrected chi connectivity index (χ0v) is 14.4. The number of nitrogens with zero attached hydrogens (tertiary/aromatic N) is 3. The average Bonchev–Trinajstić information content (AvgIpc) is 2.68. The van der Waals surface area contributed by atoms with Crippen LogP contribution in [0.4, 0.5) is 0 Å². The molecule has 1 aliphatic heterocycles. The van der Waals surface area contributed by atoms with Crippen molar-refractivity contribution in [2.45, 2.75) is 0 Å². The van der Waals surface area contributed by atoms with E-state index in [9.17, 15) is 4.79 Å². The van der Waals surface area contributed by atoms with E-state index in [0.717, 1.165) is 41.0 Å². The van der Waals surface area contributed by atoms with Crippen LogP contribution in [0.2, 0.25) is 0 Å². The molecule has 3 aromatic rings. The lowest BCUT2D eigenvalue weighted by molar-refractivity contribution is -0.124. The molecule has 1 amide bonds. The first-order chi connectivity index (χ1) is 12.8. The van der Waals surface area contributed by atoms with Gasteiger partial charge in [-0.25, -0.2) is 0 Å². The van der Waals surface area contributed by atoms with Gasteiger partial charge in [0.25, 0.3) is 0 Å². The monoisotopic (exact) mass is 348 g/mol. The second-order valence-corrected chi connectivity index (χ2v) is 6.26. The molecule has 0 bridgehead atoms. The van der Waals surface area contributed by atoms with Crippen LogP contribution >= 0.6 is 0 Å². The van der Waals surface area contributed by atoms with Crippen molar-refractivity contribution in [2.24, 2.45) is 0 Å². The first-order valence-corrected chi connectivity index (χ1v) is 8.71. The number of aromatic nitrogens is 2. The lowest BCUT2D eigenvalue weighted by atomic mass is 10.0. The largest absolute Gasteiger partial charge is 0.492 e. The summed E-state index contributed by atoms with van der Waals surface area (Å²) in [4.78, 5) is 22.1. The Labute approximate surface area is 151 Å². The number of rotatable bonds is 5. The number of hydrogen-bond acceptors (Lipinski definition) is 5. The molecule has 6 heteroatoms. The molecule has 4 rings (SSSR count). The Balaban J connectivity index is 1.37. The number of carbonyl (C=O) groups excluding carboxylic acids is 1. The first kappa shape index (κ1) is 16.5. The molecular weight excluding hydrogens is 328 g/mol. The van der Waals surface area contributed by atoms with Crippen LogP contribution in [0.25, 0.3) is 22.2 Å². The molecule has 6 nitrogen and oxygen atoms in total. The van der Waals surface area contributed by atoms with Gasteiger partial charge in [-0.15, -0.1) is 0 Å². The lowest BCUT2D eigenvalue weighted by Gasteiger charge is -2.26. The van der Waals surface area contributed by atoms with Crippen LogP contribution < -0.4 is 10.1 Å². The van der Waals surface area contributed by atoms with Gasteiger partial charge in [0.15, 0.2) is 0 Å². The third kappa shape index (κ3) is 3.81. The molecule has 1 aliphatic rings. The minimum atomic E-state index is 0.0840. The van der Waals surface area contributed by atoms with E-state index in [2.05, 4.69) is 20.2 Å². The molecule has 0 unspecified atom stereocenters. The second-order valence-electron chi connectivity index (χ2n) is 6.26. The van der Waals surface area contributed by atoms with Gasteiger partial charge in [0, 0.05) is 32.0 Å². The summed E-state index contributed by atoms with van der Waals surface area (Å²) in [6.45, 7) is 3.35. The van der Waals surface area contributed by atoms with E-state index in [1.807, 2.05) is 42.5 Å². The van der Waals surface area contributed by atoms with Gasteiger partial charge in [0.2, 0.25) is 5.91 Å². The van der Waals surface area contributed by atoms with Crippen molar-refractivity contribution < 1.29 is 9.53 Å². The van der Waals surface area contributed by atoms with Gasteiger partial charge in [-0.1, -0.05) is 18.2 Å². The maximum absolute atomic E-state index is 11.4. The Kier molecular flexibility index (Phi) is 4.75. The van der Waals surface area contributed by atoms with E-state index in [0.29, 0.717) is 19.7 Å². The SMILES string of the molecule is O=C1CN(CCOc2ccc(-c3ccc4nccnc4c3)cc2)CCN1. The van der Waals surface area contributed by atoms with Gasteiger partial charge in [0.05, 0.1) is 17.6 Å². The summed E-state index contributed by atoms with van der Waals surface area (Å²) in [7, 11) is 0. The molecule has 2 heterocycles. The van der Waals surface area contributed by atoms with E-state index in [4.69, 9.17) is 4.74 Å². The van der Waals surface area contributed by atoms with Crippen molar-refractivity contribution in [3.63, 3.8) is 0 Å². The van der Waals surface area contributed by atoms with Gasteiger partial charge >= 0.3 is 0 Å². The summed E-state index contributed by atoms with van der Waals surface area (Å²) < 4.78 is 5.81. The highest BCUT2D eigenvalue weighted by molar-refractivity contribution is 5.81. The number of benzene rings is 2. The van der Waals surface area contributed by atoms with Gasteiger partial charge in [-0.3, -0.25) is 19.7 Å². The van der Waals surface area contributed by atoms with Crippen molar-refractivity contribution in [1.29, 1.82) is 0 Å². The third-order valence-electron chi connectivity index (χ3n) is 4.45. The molecular formula is C20H20N4O2. The normalized spacial score (nSPS) is 15.0. The number of hydrogen-bond donors (Lipinski definition) is 1. The van der Waals surface area contributed by atoms with Crippen LogP contribution in [0.1, 0.15) is 0 Å². The number of carbonyl (C=O) groups is 1. The minimum Gasteiger partial charge on any atom is -0.492 e. The number of fused-ring (bicyclic) bond motifs is 1. The summed E-state index contributed by atoms with van der Waals surface area (Å²) in [6, 6.07) is 14.1. The summed E-state index contributed by atoms with van der Waals surface area (Å²) >= 11 is 0. The van der Waals surface area contributed by atoms with E-state index in [1.54, 1.807) is 12.4 Å². The first-order valence-electron chi connectivity index (χ1n) is 8.71. The predicted molar refractivity (Wildman–Crippen MR) is 99.9 cm³/mol. The number of nitrogens with one attached hydrogen (secondary N) is 1. The highest BCUT2D eigenvalue weighted by atomic mass is 16.5. The zero-order valence-electron chi connectivity index (χ0n) is 14.4. The predicted octanol–water partition coefficient (Wildman–Crippen LogP) is 2.11. The fraction of sp³-hybridized carbons (Fsp3) is 0.250. The standard InChI is InChI=1S/C20H20N4O2/c25-20-14-24(10-9-23-20)11-12-26-17-4-1-15(2-5-17)16-3-6-18-19(13-16)22-8-7-21-18/h1-8,13H,9-12,14H2,(H,23,25). The Morgan fingerprint density at radius 3 is 2.58 bits per heavy atom. The van der Waals surface area contributed by atoms with Crippen molar-refractivity contribution >= 4 is 16.9 Å². The van der Waals surface area contributed by atoms with E-state index in [1.165, 1.54) is 0 Å². The maximum Gasteiger partial charge on any atom is 0.234 e.